The summed E-state index contributed by atoms with van der Waals surface area (Å²) in [5.41, 5.74) is 4.50. The van der Waals surface area contributed by atoms with E-state index in [2.05, 4.69) is 10.7 Å². The van der Waals surface area contributed by atoms with E-state index >= 15 is 0 Å². The fourth-order valence-electron chi connectivity index (χ4n) is 0.401. The summed E-state index contributed by atoms with van der Waals surface area (Å²) >= 11 is 0.706. The predicted molar refractivity (Wildman–Crippen MR) is 54.2 cm³/mol. The van der Waals surface area contributed by atoms with Crippen LogP contribution < -0.4 is 5.73 Å². The van der Waals surface area contributed by atoms with Gasteiger partial charge in [-0.05, 0) is 19.2 Å². The number of nitrogens with zero attached hydrogens (tertiary/aromatic N) is 1. The van der Waals surface area contributed by atoms with Gasteiger partial charge in [0, 0.05) is 24.4 Å². The molecule has 0 radical (unpaired) electrons. The van der Waals surface area contributed by atoms with Crippen LogP contribution in [0.15, 0.2) is 29.4 Å². The molecule has 0 saturated carbocycles. The molecule has 1 aromatic heterocycles. The lowest BCUT2D eigenvalue weighted by Gasteiger charge is -1.86. The van der Waals surface area contributed by atoms with Gasteiger partial charge in [-0.2, -0.15) is 0 Å². The van der Waals surface area contributed by atoms with Gasteiger partial charge in [-0.3, -0.25) is 4.98 Å². The van der Waals surface area contributed by atoms with Gasteiger partial charge in [-0.25, -0.2) is 0 Å². The van der Waals surface area contributed by atoms with Gasteiger partial charge in [0.15, 0.2) is 0 Å². The van der Waals surface area contributed by atoms with Crippen LogP contribution in [-0.2, 0) is 0 Å². The van der Waals surface area contributed by atoms with Crippen LogP contribution in [-0.4, -0.2) is 16.6 Å². The van der Waals surface area contributed by atoms with E-state index in [1.54, 1.807) is 24.5 Å². The molecular formula is C8H16N2OS. The van der Waals surface area contributed by atoms with Crippen LogP contribution in [0.5, 0.6) is 0 Å². The second kappa shape index (κ2) is 13.0. The van der Waals surface area contributed by atoms with Crippen molar-refractivity contribution >= 4 is 12.0 Å². The number of hydrogen-bond donors (Lipinski definition) is 2. The van der Waals surface area contributed by atoms with E-state index in [0.717, 1.165) is 4.90 Å². The summed E-state index contributed by atoms with van der Waals surface area (Å²) < 4.78 is 8.41. The van der Waals surface area contributed by atoms with E-state index in [-0.39, 0.29) is 0 Å². The lowest BCUT2D eigenvalue weighted by molar-refractivity contribution is 0.663. The molecule has 0 aliphatic heterocycles. The first kappa shape index (κ1) is 14.0. The summed E-state index contributed by atoms with van der Waals surface area (Å²) in [5.74, 6) is 0. The van der Waals surface area contributed by atoms with E-state index in [1.807, 2.05) is 13.8 Å². The van der Waals surface area contributed by atoms with Gasteiger partial charge < -0.3 is 10.3 Å². The first-order chi connectivity index (χ1) is 5.93. The Hall–Kier alpha value is -0.580. The van der Waals surface area contributed by atoms with Crippen molar-refractivity contribution in [2.75, 3.05) is 7.05 Å². The topological polar surface area (TPSA) is 59.1 Å². The van der Waals surface area contributed by atoms with Gasteiger partial charge in [-0.1, -0.05) is 13.8 Å². The zero-order valence-corrected chi connectivity index (χ0v) is 8.51. The van der Waals surface area contributed by atoms with Crippen LogP contribution in [0.4, 0.5) is 0 Å². The molecule has 3 nitrogen and oxygen atoms in total. The Kier molecular flexibility index (Phi) is 15.2. The summed E-state index contributed by atoms with van der Waals surface area (Å²) in [6.07, 6.45) is 3.27. The number of pyridine rings is 1. The van der Waals surface area contributed by atoms with Crippen LogP contribution in [0.25, 0.3) is 0 Å². The molecule has 0 saturated heterocycles. The molecule has 1 heterocycles. The van der Waals surface area contributed by atoms with Crippen molar-refractivity contribution < 1.29 is 4.55 Å². The molecule has 1 rings (SSSR count). The molecule has 0 atom stereocenters. The van der Waals surface area contributed by atoms with Crippen molar-refractivity contribution in [1.82, 2.24) is 4.98 Å². The Morgan fingerprint density at radius 3 is 2.25 bits per heavy atom. The maximum Gasteiger partial charge on any atom is 0.0534 e. The first-order valence-corrected chi connectivity index (χ1v) is 4.50. The third-order valence-corrected chi connectivity index (χ3v) is 1.19. The highest BCUT2D eigenvalue weighted by Gasteiger charge is 1.83. The van der Waals surface area contributed by atoms with Gasteiger partial charge in [0.1, 0.15) is 0 Å². The fraction of sp³-hybridized carbons (Fsp3) is 0.375. The minimum Gasteiger partial charge on any atom is -0.333 e. The van der Waals surface area contributed by atoms with Gasteiger partial charge >= 0.3 is 0 Å². The van der Waals surface area contributed by atoms with E-state index in [1.165, 1.54) is 7.05 Å². The van der Waals surface area contributed by atoms with E-state index < -0.39 is 0 Å². The maximum atomic E-state index is 8.41. The van der Waals surface area contributed by atoms with Crippen LogP contribution in [0.2, 0.25) is 0 Å². The highest BCUT2D eigenvalue weighted by atomic mass is 32.2. The fourth-order valence-corrected chi connectivity index (χ4v) is 0.649. The summed E-state index contributed by atoms with van der Waals surface area (Å²) in [7, 11) is 1.50. The van der Waals surface area contributed by atoms with Gasteiger partial charge in [0.05, 0.1) is 4.90 Å². The number of hydrogen-bond acceptors (Lipinski definition) is 4. The van der Waals surface area contributed by atoms with Crippen molar-refractivity contribution in [3.63, 3.8) is 0 Å². The molecule has 3 N–H and O–H groups in total. The Morgan fingerprint density at radius 1 is 1.42 bits per heavy atom. The van der Waals surface area contributed by atoms with Crippen molar-refractivity contribution in [1.29, 1.82) is 0 Å². The van der Waals surface area contributed by atoms with Crippen LogP contribution in [0, 0.1) is 0 Å². The smallest absolute Gasteiger partial charge is 0.0534 e. The zero-order valence-electron chi connectivity index (χ0n) is 7.69. The standard InChI is InChI=1S/C5H5NOS.C2H6.CH5N/c7-8-5-2-1-3-6-4-5;2*1-2/h1-4,7H;1-2H3;2H2,1H3. The molecule has 12 heavy (non-hydrogen) atoms. The van der Waals surface area contributed by atoms with Gasteiger partial charge in [0.25, 0.3) is 0 Å². The number of nitrogens with two attached hydrogens (primary N) is 1. The average molecular weight is 188 g/mol. The Bertz CT molecular complexity index is 158. The van der Waals surface area contributed by atoms with Crippen LogP contribution in [0.1, 0.15) is 13.8 Å². The molecule has 0 aromatic carbocycles. The third kappa shape index (κ3) is 7.53. The molecule has 70 valence electrons. The summed E-state index contributed by atoms with van der Waals surface area (Å²) in [6, 6.07) is 3.57. The Balaban J connectivity index is 0. The number of rotatable bonds is 1. The Morgan fingerprint density at radius 2 is 2.00 bits per heavy atom. The molecule has 0 unspecified atom stereocenters. The monoisotopic (exact) mass is 188 g/mol. The second-order valence-corrected chi connectivity index (χ2v) is 1.93. The summed E-state index contributed by atoms with van der Waals surface area (Å²) in [5, 5.41) is 0. The lowest BCUT2D eigenvalue weighted by atomic mass is 10.5. The minimum absolute atomic E-state index is 0.706. The SMILES string of the molecule is CC.CN.OSc1cccnc1. The van der Waals surface area contributed by atoms with E-state index in [9.17, 15) is 0 Å². The molecule has 0 amide bonds. The molecule has 0 bridgehead atoms. The molecule has 4 heteroatoms. The van der Waals surface area contributed by atoms with Gasteiger partial charge in [-0.15, -0.1) is 0 Å². The third-order valence-electron chi connectivity index (χ3n) is 0.740. The number of aromatic nitrogens is 1. The minimum atomic E-state index is 0.706. The van der Waals surface area contributed by atoms with Crippen molar-refractivity contribution in [2.24, 2.45) is 5.73 Å². The second-order valence-electron chi connectivity index (χ2n) is 1.28. The van der Waals surface area contributed by atoms with Crippen LogP contribution in [0.3, 0.4) is 0 Å². The van der Waals surface area contributed by atoms with Gasteiger partial charge in [0.2, 0.25) is 0 Å². The van der Waals surface area contributed by atoms with Crippen molar-refractivity contribution in [3.8, 4) is 0 Å². The van der Waals surface area contributed by atoms with E-state index in [4.69, 9.17) is 4.55 Å². The van der Waals surface area contributed by atoms with Crippen LogP contribution >= 0.6 is 12.0 Å². The molecule has 1 aromatic rings. The molecule has 0 aliphatic rings. The normalized spacial score (nSPS) is 7.08. The largest absolute Gasteiger partial charge is 0.333 e. The Labute approximate surface area is 78.2 Å². The zero-order chi connectivity index (χ0) is 9.82. The van der Waals surface area contributed by atoms with E-state index in [0.29, 0.717) is 12.0 Å². The quantitative estimate of drug-likeness (QED) is 0.664. The van der Waals surface area contributed by atoms with Crippen molar-refractivity contribution in [3.05, 3.63) is 24.5 Å². The molecular weight excluding hydrogens is 172 g/mol. The highest BCUT2D eigenvalue weighted by Crippen LogP contribution is 2.09. The van der Waals surface area contributed by atoms with Crippen molar-refractivity contribution in [2.45, 2.75) is 18.7 Å². The first-order valence-electron chi connectivity index (χ1n) is 3.72. The average Bonchev–Trinajstić information content (AvgIpc) is 2.25. The predicted octanol–water partition coefficient (Wildman–Crippen LogP) is 2.25. The molecule has 0 aliphatic carbocycles. The maximum absolute atomic E-state index is 8.41. The molecule has 0 spiro atoms. The lowest BCUT2D eigenvalue weighted by Crippen LogP contribution is -1.69. The molecule has 0 fully saturated rings. The highest BCUT2D eigenvalue weighted by molar-refractivity contribution is 7.93. The summed E-state index contributed by atoms with van der Waals surface area (Å²) in [6.45, 7) is 4.00. The summed E-state index contributed by atoms with van der Waals surface area (Å²) in [4.78, 5) is 4.55.